The van der Waals surface area contributed by atoms with Gasteiger partial charge in [0, 0.05) is 22.2 Å². The third kappa shape index (κ3) is 5.05. The minimum atomic E-state index is -0.449. The van der Waals surface area contributed by atoms with E-state index in [0.717, 1.165) is 17.7 Å². The van der Waals surface area contributed by atoms with Crippen molar-refractivity contribution >= 4 is 33.8 Å². The Morgan fingerprint density at radius 2 is 1.64 bits per heavy atom. The van der Waals surface area contributed by atoms with E-state index in [1.807, 2.05) is 0 Å². The zero-order valence-electron chi connectivity index (χ0n) is 14.7. The second kappa shape index (κ2) is 9.35. The lowest BCUT2D eigenvalue weighted by atomic mass is 10.00. The van der Waals surface area contributed by atoms with E-state index in [1.165, 1.54) is 21.2 Å². The van der Waals surface area contributed by atoms with Gasteiger partial charge in [0.15, 0.2) is 0 Å². The molecule has 0 aliphatic rings. The first kappa shape index (κ1) is 19.9. The maximum absolute atomic E-state index is 10.7. The normalized spacial score (nSPS) is 12.3. The van der Waals surface area contributed by atoms with E-state index in [4.69, 9.17) is 0 Å². The van der Waals surface area contributed by atoms with Gasteiger partial charge in [0.25, 0.3) is 0 Å². The van der Waals surface area contributed by atoms with Crippen molar-refractivity contribution in [3.05, 3.63) is 70.6 Å². The van der Waals surface area contributed by atoms with Gasteiger partial charge in [-0.1, -0.05) is 62.4 Å². The molecule has 3 rings (SSSR count). The van der Waals surface area contributed by atoms with Gasteiger partial charge >= 0.3 is 0 Å². The average Bonchev–Trinajstić information content (AvgIpc) is 2.97. The van der Waals surface area contributed by atoms with Crippen LogP contribution in [-0.2, 0) is 12.8 Å². The van der Waals surface area contributed by atoms with Gasteiger partial charge in [-0.2, -0.15) is 0 Å². The van der Waals surface area contributed by atoms with Crippen LogP contribution in [0.5, 0.6) is 0 Å². The van der Waals surface area contributed by atoms with Crippen LogP contribution in [0.2, 0.25) is 0 Å². The van der Waals surface area contributed by atoms with Crippen LogP contribution in [0.1, 0.15) is 36.0 Å². The van der Waals surface area contributed by atoms with Crippen LogP contribution in [-0.4, -0.2) is 17.7 Å². The summed E-state index contributed by atoms with van der Waals surface area (Å²) in [4.78, 5) is 1.11. The molecule has 3 aromatic rings. The van der Waals surface area contributed by atoms with E-state index >= 15 is 0 Å². The number of aliphatic hydroxyl groups excluding tert-OH is 1. The Hall–Kier alpha value is -1.39. The lowest BCUT2D eigenvalue weighted by Gasteiger charge is -2.15. The summed E-state index contributed by atoms with van der Waals surface area (Å²) in [5.74, 6) is 0. The Labute approximate surface area is 160 Å². The molecular weight excluding hydrogens is 350 g/mol. The molecule has 0 spiro atoms. The summed E-state index contributed by atoms with van der Waals surface area (Å²) in [6, 6.07) is 19.4. The topological polar surface area (TPSA) is 32.3 Å². The van der Waals surface area contributed by atoms with Crippen LogP contribution in [0.25, 0.3) is 10.1 Å². The predicted molar refractivity (Wildman–Crippen MR) is 111 cm³/mol. The van der Waals surface area contributed by atoms with Gasteiger partial charge < -0.3 is 10.4 Å². The third-order valence-electron chi connectivity index (χ3n) is 4.26. The van der Waals surface area contributed by atoms with Gasteiger partial charge in [-0.25, -0.2) is 0 Å². The summed E-state index contributed by atoms with van der Waals surface area (Å²) in [7, 11) is 0. The molecule has 1 atom stereocenters. The molecular formula is C21H26ClNOS. The molecule has 25 heavy (non-hydrogen) atoms. The second-order valence-corrected chi connectivity index (χ2v) is 7.59. The SMILES string of the molecule is CC(C)NCC(O)c1sc2ccccc2c1CCc1ccccc1.Cl. The first-order chi connectivity index (χ1) is 11.6. The average molecular weight is 376 g/mol. The standard InChI is InChI=1S/C21H25NOS.ClH/c1-15(2)22-14-19(23)21-18(13-12-16-8-4-3-5-9-16)17-10-6-7-11-20(17)24-21;/h3-11,15,19,22-23H,12-14H2,1-2H3;1H. The number of aliphatic hydroxyl groups is 1. The Bertz CT molecular complexity index is 785. The van der Waals surface area contributed by atoms with Gasteiger partial charge in [0.1, 0.15) is 6.10 Å². The van der Waals surface area contributed by atoms with E-state index in [0.29, 0.717) is 12.6 Å². The summed E-state index contributed by atoms with van der Waals surface area (Å²) >= 11 is 1.73. The highest BCUT2D eigenvalue weighted by Crippen LogP contribution is 2.36. The van der Waals surface area contributed by atoms with Gasteiger partial charge in [0.2, 0.25) is 0 Å². The number of benzene rings is 2. The van der Waals surface area contributed by atoms with E-state index in [2.05, 4.69) is 73.8 Å². The number of hydrogen-bond donors (Lipinski definition) is 2. The molecule has 0 aliphatic carbocycles. The molecule has 0 bridgehead atoms. The van der Waals surface area contributed by atoms with Crippen LogP contribution in [0.4, 0.5) is 0 Å². The first-order valence-electron chi connectivity index (χ1n) is 8.61. The molecule has 0 saturated heterocycles. The number of nitrogens with one attached hydrogen (secondary N) is 1. The van der Waals surface area contributed by atoms with Crippen molar-refractivity contribution in [2.75, 3.05) is 6.54 Å². The highest BCUT2D eigenvalue weighted by atomic mass is 35.5. The Morgan fingerprint density at radius 1 is 0.960 bits per heavy atom. The predicted octanol–water partition coefficient (Wildman–Crippen LogP) is 5.14. The smallest absolute Gasteiger partial charge is 0.101 e. The van der Waals surface area contributed by atoms with Crippen molar-refractivity contribution in [3.63, 3.8) is 0 Å². The van der Waals surface area contributed by atoms with Crippen LogP contribution in [0.15, 0.2) is 54.6 Å². The maximum atomic E-state index is 10.7. The van der Waals surface area contributed by atoms with Crippen molar-refractivity contribution in [1.29, 1.82) is 0 Å². The highest BCUT2D eigenvalue weighted by Gasteiger charge is 2.18. The van der Waals surface area contributed by atoms with E-state index < -0.39 is 6.10 Å². The molecule has 1 aromatic heterocycles. The van der Waals surface area contributed by atoms with Crippen molar-refractivity contribution in [3.8, 4) is 0 Å². The summed E-state index contributed by atoms with van der Waals surface area (Å²) in [5, 5.41) is 15.3. The molecule has 134 valence electrons. The molecule has 1 unspecified atom stereocenters. The molecule has 2 nitrogen and oxygen atoms in total. The van der Waals surface area contributed by atoms with E-state index in [9.17, 15) is 5.11 Å². The monoisotopic (exact) mass is 375 g/mol. The van der Waals surface area contributed by atoms with Crippen molar-refractivity contribution in [2.24, 2.45) is 0 Å². The van der Waals surface area contributed by atoms with Crippen LogP contribution < -0.4 is 5.32 Å². The van der Waals surface area contributed by atoms with Crippen molar-refractivity contribution in [1.82, 2.24) is 5.32 Å². The van der Waals surface area contributed by atoms with Crippen molar-refractivity contribution in [2.45, 2.75) is 38.8 Å². The van der Waals surface area contributed by atoms with E-state index in [1.54, 1.807) is 11.3 Å². The summed E-state index contributed by atoms with van der Waals surface area (Å²) in [6.07, 6.45) is 1.51. The zero-order chi connectivity index (χ0) is 16.9. The van der Waals surface area contributed by atoms with Crippen molar-refractivity contribution < 1.29 is 5.11 Å². The third-order valence-corrected chi connectivity index (χ3v) is 5.57. The Balaban J connectivity index is 0.00000225. The number of halogens is 1. The fourth-order valence-electron chi connectivity index (χ4n) is 3.00. The molecule has 4 heteroatoms. The molecule has 0 saturated carbocycles. The fourth-order valence-corrected chi connectivity index (χ4v) is 4.24. The lowest BCUT2D eigenvalue weighted by molar-refractivity contribution is 0.174. The largest absolute Gasteiger partial charge is 0.386 e. The van der Waals surface area contributed by atoms with E-state index in [-0.39, 0.29) is 12.4 Å². The first-order valence-corrected chi connectivity index (χ1v) is 9.42. The quantitative estimate of drug-likeness (QED) is 0.599. The Morgan fingerprint density at radius 3 is 2.36 bits per heavy atom. The van der Waals surface area contributed by atoms with Gasteiger partial charge in [-0.15, -0.1) is 23.7 Å². The molecule has 1 heterocycles. The minimum Gasteiger partial charge on any atom is -0.386 e. The van der Waals surface area contributed by atoms with Gasteiger partial charge in [0.05, 0.1) is 0 Å². The number of fused-ring (bicyclic) bond motifs is 1. The number of hydrogen-bond acceptors (Lipinski definition) is 3. The molecule has 0 aliphatic heterocycles. The zero-order valence-corrected chi connectivity index (χ0v) is 16.4. The number of thiophene rings is 1. The summed E-state index contributed by atoms with van der Waals surface area (Å²) in [6.45, 7) is 4.81. The fraction of sp³-hybridized carbons (Fsp3) is 0.333. The number of aryl methyl sites for hydroxylation is 2. The second-order valence-electron chi connectivity index (χ2n) is 6.51. The van der Waals surface area contributed by atoms with Crippen LogP contribution in [0.3, 0.4) is 0 Å². The number of rotatable bonds is 7. The lowest BCUT2D eigenvalue weighted by Crippen LogP contribution is -2.27. The molecule has 0 fully saturated rings. The minimum absolute atomic E-state index is 0. The summed E-state index contributed by atoms with van der Waals surface area (Å²) in [5.41, 5.74) is 2.64. The van der Waals surface area contributed by atoms with Crippen LogP contribution in [0, 0.1) is 0 Å². The molecule has 2 N–H and O–H groups in total. The molecule has 2 aromatic carbocycles. The highest BCUT2D eigenvalue weighted by molar-refractivity contribution is 7.19. The van der Waals surface area contributed by atoms with Crippen LogP contribution >= 0.6 is 23.7 Å². The molecule has 0 radical (unpaired) electrons. The Kier molecular flexibility index (Phi) is 7.45. The molecule has 0 amide bonds. The maximum Gasteiger partial charge on any atom is 0.101 e. The van der Waals surface area contributed by atoms with Gasteiger partial charge in [-0.3, -0.25) is 0 Å². The summed E-state index contributed by atoms with van der Waals surface area (Å²) < 4.78 is 1.26. The van der Waals surface area contributed by atoms with Gasteiger partial charge in [-0.05, 0) is 35.4 Å².